The van der Waals surface area contributed by atoms with Gasteiger partial charge in [-0.05, 0) is 93.3 Å². The van der Waals surface area contributed by atoms with Crippen LogP contribution >= 0.6 is 0 Å². The van der Waals surface area contributed by atoms with Gasteiger partial charge in [-0.1, -0.05) is 57.8 Å². The summed E-state index contributed by atoms with van der Waals surface area (Å²) >= 11 is 0. The summed E-state index contributed by atoms with van der Waals surface area (Å²) in [4.78, 5) is 26.5. The minimum absolute atomic E-state index is 0.0454. The Hall–Kier alpha value is -1.06. The van der Waals surface area contributed by atoms with Crippen molar-refractivity contribution in [2.45, 2.75) is 147 Å². The first kappa shape index (κ1) is 24.6. The van der Waals surface area contributed by atoms with Crippen LogP contribution in [0.5, 0.6) is 0 Å². The Balaban J connectivity index is 1.18. The number of carbonyl (C=O) groups excluding carboxylic acids is 2. The van der Waals surface area contributed by atoms with Gasteiger partial charge in [0.1, 0.15) is 12.2 Å². The summed E-state index contributed by atoms with van der Waals surface area (Å²) < 4.78 is 12.4. The van der Waals surface area contributed by atoms with Crippen molar-refractivity contribution in [2.24, 2.45) is 29.1 Å². The third-order valence-electron chi connectivity index (χ3n) is 10.5. The molecule has 0 aromatic rings. The van der Waals surface area contributed by atoms with Crippen LogP contribution in [0.25, 0.3) is 0 Å². The van der Waals surface area contributed by atoms with E-state index in [1.807, 2.05) is 0 Å². The maximum Gasteiger partial charge on any atom is 0.306 e. The molecule has 6 unspecified atom stereocenters. The highest BCUT2D eigenvalue weighted by molar-refractivity contribution is 5.74. The first-order valence-electron chi connectivity index (χ1n) is 15.0. The molecule has 5 aliphatic carbocycles. The van der Waals surface area contributed by atoms with Crippen molar-refractivity contribution in [3.63, 3.8) is 0 Å². The molecule has 0 aromatic heterocycles. The summed E-state index contributed by atoms with van der Waals surface area (Å²) in [6.45, 7) is 0. The molecule has 4 nitrogen and oxygen atoms in total. The van der Waals surface area contributed by atoms with E-state index in [0.717, 1.165) is 50.4 Å². The Morgan fingerprint density at radius 3 is 1.47 bits per heavy atom. The molecule has 34 heavy (non-hydrogen) atoms. The molecule has 6 atom stereocenters. The summed E-state index contributed by atoms with van der Waals surface area (Å²) in [5.74, 6) is 2.59. The maximum atomic E-state index is 13.2. The quantitative estimate of drug-likeness (QED) is 0.375. The number of fused-ring (bicyclic) bond motifs is 2. The van der Waals surface area contributed by atoms with Crippen molar-refractivity contribution >= 4 is 11.9 Å². The Morgan fingerprint density at radius 2 is 0.971 bits per heavy atom. The Labute approximate surface area is 207 Å². The second kappa shape index (κ2) is 11.3. The molecule has 0 N–H and O–H groups in total. The van der Waals surface area contributed by atoms with Gasteiger partial charge < -0.3 is 9.47 Å². The maximum absolute atomic E-state index is 13.2. The van der Waals surface area contributed by atoms with E-state index in [1.54, 1.807) is 0 Å². The zero-order chi connectivity index (χ0) is 23.4. The fraction of sp³-hybridized carbons (Fsp3) is 0.933. The zero-order valence-electron chi connectivity index (χ0n) is 21.4. The molecular formula is C30H48O4. The van der Waals surface area contributed by atoms with Crippen LogP contribution in [0.15, 0.2) is 0 Å². The van der Waals surface area contributed by atoms with E-state index in [0.29, 0.717) is 24.7 Å². The molecule has 0 spiro atoms. The Morgan fingerprint density at radius 1 is 0.529 bits per heavy atom. The summed E-state index contributed by atoms with van der Waals surface area (Å²) in [6, 6.07) is 0. The Kier molecular flexibility index (Phi) is 8.21. The molecule has 4 heteroatoms. The van der Waals surface area contributed by atoms with E-state index in [2.05, 4.69) is 0 Å². The predicted octanol–water partition coefficient (Wildman–Crippen LogP) is 7.52. The van der Waals surface area contributed by atoms with Crippen LogP contribution in [0.4, 0.5) is 0 Å². The lowest BCUT2D eigenvalue weighted by Crippen LogP contribution is -2.40. The highest BCUT2D eigenvalue weighted by Crippen LogP contribution is 2.46. The van der Waals surface area contributed by atoms with Crippen molar-refractivity contribution in [3.8, 4) is 0 Å². The minimum atomic E-state index is -0.242. The third kappa shape index (κ3) is 5.84. The van der Waals surface area contributed by atoms with E-state index in [-0.39, 0.29) is 29.6 Å². The van der Waals surface area contributed by atoms with E-state index in [9.17, 15) is 9.59 Å². The molecule has 5 aliphatic rings. The lowest BCUT2D eigenvalue weighted by molar-refractivity contribution is -0.164. The second-order valence-corrected chi connectivity index (χ2v) is 12.7. The van der Waals surface area contributed by atoms with E-state index >= 15 is 0 Å². The smallest absolute Gasteiger partial charge is 0.306 e. The van der Waals surface area contributed by atoms with Gasteiger partial charge in [0.25, 0.3) is 0 Å². The molecule has 0 bridgehead atoms. The van der Waals surface area contributed by atoms with Gasteiger partial charge in [0.15, 0.2) is 0 Å². The summed E-state index contributed by atoms with van der Waals surface area (Å²) in [6.07, 6.45) is 23.9. The fourth-order valence-corrected chi connectivity index (χ4v) is 8.80. The number of hydrogen-bond donors (Lipinski definition) is 0. The van der Waals surface area contributed by atoms with Gasteiger partial charge in [-0.3, -0.25) is 9.59 Å². The molecule has 5 rings (SSSR count). The van der Waals surface area contributed by atoms with Gasteiger partial charge in [-0.2, -0.15) is 0 Å². The van der Waals surface area contributed by atoms with Crippen LogP contribution in [-0.4, -0.2) is 24.1 Å². The SMILES string of the molecule is O=C(CC1(CC(=O)OC2CCCC3CCCCC32)CCCCC1)OC1CCCC2CCCCC21. The van der Waals surface area contributed by atoms with Crippen LogP contribution < -0.4 is 0 Å². The average Bonchev–Trinajstić information content (AvgIpc) is 2.85. The highest BCUT2D eigenvalue weighted by Gasteiger charge is 2.42. The lowest BCUT2D eigenvalue weighted by atomic mass is 9.68. The number of ether oxygens (including phenoxy) is 2. The lowest BCUT2D eigenvalue weighted by Gasteiger charge is -2.42. The first-order chi connectivity index (χ1) is 16.6. The van der Waals surface area contributed by atoms with Crippen LogP contribution in [0, 0.1) is 29.1 Å². The zero-order valence-corrected chi connectivity index (χ0v) is 21.4. The van der Waals surface area contributed by atoms with Gasteiger partial charge in [-0.15, -0.1) is 0 Å². The molecular weight excluding hydrogens is 424 g/mol. The molecule has 5 saturated carbocycles. The summed E-state index contributed by atoms with van der Waals surface area (Å²) in [5.41, 5.74) is -0.242. The summed E-state index contributed by atoms with van der Waals surface area (Å²) in [7, 11) is 0. The predicted molar refractivity (Wildman–Crippen MR) is 133 cm³/mol. The Bertz CT molecular complexity index is 640. The molecule has 5 fully saturated rings. The third-order valence-corrected chi connectivity index (χ3v) is 10.5. The van der Waals surface area contributed by atoms with Crippen LogP contribution in [-0.2, 0) is 19.1 Å². The molecule has 0 amide bonds. The standard InChI is InChI=1S/C30H48O4/c31-28(33-26-16-8-12-22-10-2-4-14-24(22)26)20-30(18-6-1-7-19-30)21-29(32)34-27-17-9-13-23-11-3-5-15-25(23)27/h22-27H,1-21H2. The topological polar surface area (TPSA) is 52.6 Å². The number of hydrogen-bond acceptors (Lipinski definition) is 4. The van der Waals surface area contributed by atoms with Gasteiger partial charge in [-0.25, -0.2) is 0 Å². The van der Waals surface area contributed by atoms with Crippen molar-refractivity contribution in [1.82, 2.24) is 0 Å². The number of carbonyl (C=O) groups is 2. The number of rotatable bonds is 6. The number of esters is 2. The van der Waals surface area contributed by atoms with Gasteiger partial charge >= 0.3 is 11.9 Å². The average molecular weight is 473 g/mol. The van der Waals surface area contributed by atoms with Crippen molar-refractivity contribution < 1.29 is 19.1 Å². The molecule has 0 saturated heterocycles. The van der Waals surface area contributed by atoms with Crippen molar-refractivity contribution in [1.29, 1.82) is 0 Å². The minimum Gasteiger partial charge on any atom is -0.462 e. The largest absolute Gasteiger partial charge is 0.462 e. The van der Waals surface area contributed by atoms with Crippen LogP contribution in [0.2, 0.25) is 0 Å². The van der Waals surface area contributed by atoms with E-state index < -0.39 is 0 Å². The highest BCUT2D eigenvalue weighted by atomic mass is 16.5. The van der Waals surface area contributed by atoms with E-state index in [4.69, 9.17) is 9.47 Å². The van der Waals surface area contributed by atoms with Crippen molar-refractivity contribution in [3.05, 3.63) is 0 Å². The molecule has 192 valence electrons. The van der Waals surface area contributed by atoms with Crippen LogP contribution in [0.1, 0.15) is 135 Å². The second-order valence-electron chi connectivity index (χ2n) is 12.7. The monoisotopic (exact) mass is 472 g/mol. The fourth-order valence-electron chi connectivity index (χ4n) is 8.80. The molecule has 0 heterocycles. The van der Waals surface area contributed by atoms with Gasteiger partial charge in [0.2, 0.25) is 0 Å². The van der Waals surface area contributed by atoms with Gasteiger partial charge in [0, 0.05) is 0 Å². The van der Waals surface area contributed by atoms with Gasteiger partial charge in [0.05, 0.1) is 12.8 Å². The van der Waals surface area contributed by atoms with Crippen molar-refractivity contribution in [2.75, 3.05) is 0 Å². The summed E-state index contributed by atoms with van der Waals surface area (Å²) in [5, 5.41) is 0. The molecule has 0 aliphatic heterocycles. The van der Waals surface area contributed by atoms with Crippen LogP contribution in [0.3, 0.4) is 0 Å². The molecule has 0 radical (unpaired) electrons. The first-order valence-corrected chi connectivity index (χ1v) is 15.0. The van der Waals surface area contributed by atoms with E-state index in [1.165, 1.54) is 83.5 Å². The normalized spacial score (nSPS) is 37.6. The molecule has 0 aromatic carbocycles.